The Morgan fingerprint density at radius 3 is 2.65 bits per heavy atom. The zero-order chi connectivity index (χ0) is 14.7. The van der Waals surface area contributed by atoms with Gasteiger partial charge in [-0.15, -0.1) is 0 Å². The highest BCUT2D eigenvalue weighted by Gasteiger charge is 2.31. The predicted molar refractivity (Wildman–Crippen MR) is 77.8 cm³/mol. The van der Waals surface area contributed by atoms with Crippen molar-refractivity contribution in [3.63, 3.8) is 0 Å². The van der Waals surface area contributed by atoms with Gasteiger partial charge in [-0.2, -0.15) is 0 Å². The normalized spacial score (nSPS) is 15.7. The fourth-order valence-electron chi connectivity index (χ4n) is 2.10. The van der Waals surface area contributed by atoms with Crippen LogP contribution in [-0.2, 0) is 16.1 Å². The van der Waals surface area contributed by atoms with Crippen molar-refractivity contribution < 1.29 is 9.59 Å². The Morgan fingerprint density at radius 2 is 2.00 bits per heavy atom. The zero-order valence-electron chi connectivity index (χ0n) is 11.2. The smallest absolute Gasteiger partial charge is 0.312 e. The van der Waals surface area contributed by atoms with Crippen molar-refractivity contribution in [2.75, 3.05) is 19.6 Å². The molecule has 0 bridgehead atoms. The Bertz CT molecular complexity index is 561. The van der Waals surface area contributed by atoms with Gasteiger partial charge in [0, 0.05) is 32.4 Å². The average molecular weight is 292 g/mol. The molecule has 2 rings (SSSR count). The van der Waals surface area contributed by atoms with E-state index in [2.05, 4.69) is 4.98 Å². The van der Waals surface area contributed by atoms with Crippen LogP contribution in [0.15, 0.2) is 18.3 Å². The monoisotopic (exact) mass is 292 g/mol. The number of amides is 2. The quantitative estimate of drug-likeness (QED) is 0.619. The van der Waals surface area contributed by atoms with Crippen molar-refractivity contribution in [1.82, 2.24) is 14.8 Å². The first-order chi connectivity index (χ1) is 9.52. The van der Waals surface area contributed by atoms with E-state index in [0.717, 1.165) is 5.56 Å². The largest absolute Gasteiger partial charge is 0.388 e. The van der Waals surface area contributed by atoms with Crippen molar-refractivity contribution >= 4 is 29.0 Å². The van der Waals surface area contributed by atoms with E-state index in [1.165, 1.54) is 4.90 Å². The molecule has 0 unspecified atom stereocenters. The van der Waals surface area contributed by atoms with E-state index in [1.807, 2.05) is 6.92 Å². The lowest BCUT2D eigenvalue weighted by atomic mass is 10.2. The van der Waals surface area contributed by atoms with Gasteiger partial charge in [-0.05, 0) is 24.6 Å². The van der Waals surface area contributed by atoms with Gasteiger partial charge in [-0.1, -0.05) is 12.2 Å². The van der Waals surface area contributed by atoms with Crippen molar-refractivity contribution in [2.45, 2.75) is 13.5 Å². The molecule has 106 valence electrons. The van der Waals surface area contributed by atoms with Gasteiger partial charge in [-0.3, -0.25) is 14.6 Å². The van der Waals surface area contributed by atoms with Crippen LogP contribution in [0, 0.1) is 0 Å². The summed E-state index contributed by atoms with van der Waals surface area (Å²) in [7, 11) is 0. The highest BCUT2D eigenvalue weighted by Crippen LogP contribution is 2.11. The van der Waals surface area contributed by atoms with E-state index < -0.39 is 11.8 Å². The Labute approximate surface area is 122 Å². The molecule has 0 atom stereocenters. The summed E-state index contributed by atoms with van der Waals surface area (Å²) < 4.78 is 0. The van der Waals surface area contributed by atoms with Crippen molar-refractivity contribution in [2.24, 2.45) is 5.73 Å². The maximum Gasteiger partial charge on any atom is 0.312 e. The molecule has 1 aliphatic heterocycles. The third kappa shape index (κ3) is 2.93. The topological polar surface area (TPSA) is 79.5 Å². The molecule has 7 heteroatoms. The standard InChI is InChI=1S/C13H16N4O2S/c1-2-16-5-6-17(13(19)12(16)18)8-9-3-4-15-10(7-9)11(14)20/h3-4,7H,2,5-6,8H2,1H3,(H2,14,20). The summed E-state index contributed by atoms with van der Waals surface area (Å²) in [5.74, 6) is -0.908. The third-order valence-electron chi connectivity index (χ3n) is 3.23. The summed E-state index contributed by atoms with van der Waals surface area (Å²) >= 11 is 4.87. The predicted octanol–water partition coefficient (Wildman–Crippen LogP) is -0.0935. The lowest BCUT2D eigenvalue weighted by Crippen LogP contribution is -2.53. The maximum atomic E-state index is 12.0. The van der Waals surface area contributed by atoms with Gasteiger partial charge in [0.05, 0.1) is 5.69 Å². The van der Waals surface area contributed by atoms with E-state index in [0.29, 0.717) is 31.9 Å². The number of rotatable bonds is 4. The first-order valence-electron chi connectivity index (χ1n) is 6.35. The number of hydrogen-bond donors (Lipinski definition) is 1. The highest BCUT2D eigenvalue weighted by molar-refractivity contribution is 7.80. The number of hydrogen-bond acceptors (Lipinski definition) is 4. The second-order valence-electron chi connectivity index (χ2n) is 4.53. The van der Waals surface area contributed by atoms with Crippen molar-refractivity contribution in [3.8, 4) is 0 Å². The van der Waals surface area contributed by atoms with Crippen LogP contribution in [0.2, 0.25) is 0 Å². The summed E-state index contributed by atoms with van der Waals surface area (Å²) in [6, 6.07) is 3.53. The first-order valence-corrected chi connectivity index (χ1v) is 6.76. The van der Waals surface area contributed by atoms with Gasteiger partial charge in [0.25, 0.3) is 0 Å². The molecule has 1 aromatic rings. The van der Waals surface area contributed by atoms with E-state index in [9.17, 15) is 9.59 Å². The number of likely N-dealkylation sites (N-methyl/N-ethyl adjacent to an activating group) is 1. The minimum atomic E-state index is -0.466. The van der Waals surface area contributed by atoms with Gasteiger partial charge in [0.1, 0.15) is 4.99 Å². The number of piperazine rings is 1. The summed E-state index contributed by atoms with van der Waals surface area (Å²) in [6.45, 7) is 3.87. The number of nitrogens with two attached hydrogens (primary N) is 1. The molecule has 6 nitrogen and oxygen atoms in total. The van der Waals surface area contributed by atoms with Crippen LogP contribution in [0.1, 0.15) is 18.2 Å². The molecule has 1 saturated heterocycles. The van der Waals surface area contributed by atoms with Gasteiger partial charge in [0.2, 0.25) is 0 Å². The summed E-state index contributed by atoms with van der Waals surface area (Å²) in [5.41, 5.74) is 6.90. The van der Waals surface area contributed by atoms with Crippen molar-refractivity contribution in [1.29, 1.82) is 0 Å². The Hall–Kier alpha value is -2.02. The molecule has 0 saturated carbocycles. The lowest BCUT2D eigenvalue weighted by Gasteiger charge is -2.33. The van der Waals surface area contributed by atoms with Crippen LogP contribution in [0.5, 0.6) is 0 Å². The molecular formula is C13H16N4O2S. The summed E-state index contributed by atoms with van der Waals surface area (Å²) in [4.78, 5) is 31.1. The van der Waals surface area contributed by atoms with Crippen LogP contribution in [-0.4, -0.2) is 51.2 Å². The number of carbonyl (C=O) groups is 2. The van der Waals surface area contributed by atoms with Gasteiger partial charge < -0.3 is 15.5 Å². The van der Waals surface area contributed by atoms with Gasteiger partial charge in [0.15, 0.2) is 0 Å². The summed E-state index contributed by atoms with van der Waals surface area (Å²) in [6.07, 6.45) is 1.60. The number of nitrogens with zero attached hydrogens (tertiary/aromatic N) is 3. The van der Waals surface area contributed by atoms with Crippen molar-refractivity contribution in [3.05, 3.63) is 29.6 Å². The molecule has 1 aliphatic rings. The summed E-state index contributed by atoms with van der Waals surface area (Å²) in [5, 5.41) is 0. The van der Waals surface area contributed by atoms with Crippen LogP contribution >= 0.6 is 12.2 Å². The molecule has 2 heterocycles. The van der Waals surface area contributed by atoms with E-state index >= 15 is 0 Å². The average Bonchev–Trinajstić information content (AvgIpc) is 2.44. The van der Waals surface area contributed by atoms with Crippen LogP contribution in [0.4, 0.5) is 0 Å². The van der Waals surface area contributed by atoms with E-state index in [-0.39, 0.29) is 4.99 Å². The fourth-order valence-corrected chi connectivity index (χ4v) is 2.21. The number of thiocarbonyl (C=S) groups is 1. The Balaban J connectivity index is 2.11. The molecule has 0 aromatic carbocycles. The second kappa shape index (κ2) is 5.96. The van der Waals surface area contributed by atoms with Gasteiger partial charge in [-0.25, -0.2) is 0 Å². The minimum absolute atomic E-state index is 0.213. The Kier molecular flexibility index (Phi) is 4.29. The maximum absolute atomic E-state index is 12.0. The SMILES string of the molecule is CCN1CCN(Cc2ccnc(C(N)=S)c2)C(=O)C1=O. The molecule has 20 heavy (non-hydrogen) atoms. The minimum Gasteiger partial charge on any atom is -0.388 e. The molecule has 0 radical (unpaired) electrons. The molecular weight excluding hydrogens is 276 g/mol. The molecule has 1 aromatic heterocycles. The highest BCUT2D eigenvalue weighted by atomic mass is 32.1. The first kappa shape index (κ1) is 14.4. The lowest BCUT2D eigenvalue weighted by molar-refractivity contribution is -0.156. The zero-order valence-corrected chi connectivity index (χ0v) is 12.0. The Morgan fingerprint density at radius 1 is 1.35 bits per heavy atom. The number of pyridine rings is 1. The number of aromatic nitrogens is 1. The fraction of sp³-hybridized carbons (Fsp3) is 0.385. The number of carbonyl (C=O) groups excluding carboxylic acids is 2. The molecule has 2 N–H and O–H groups in total. The van der Waals surface area contributed by atoms with Gasteiger partial charge >= 0.3 is 11.8 Å². The molecule has 2 amide bonds. The van der Waals surface area contributed by atoms with E-state index in [1.54, 1.807) is 23.2 Å². The molecule has 0 aliphatic carbocycles. The molecule has 1 fully saturated rings. The second-order valence-corrected chi connectivity index (χ2v) is 4.96. The van der Waals surface area contributed by atoms with E-state index in [4.69, 9.17) is 18.0 Å². The third-order valence-corrected chi connectivity index (χ3v) is 3.44. The van der Waals surface area contributed by atoms with Crippen LogP contribution in [0.3, 0.4) is 0 Å². The molecule has 0 spiro atoms. The van der Waals surface area contributed by atoms with Crippen LogP contribution in [0.25, 0.3) is 0 Å². The van der Waals surface area contributed by atoms with Crippen LogP contribution < -0.4 is 5.73 Å².